The molecule has 0 radical (unpaired) electrons. The highest BCUT2D eigenvalue weighted by atomic mass is 16.5. The lowest BCUT2D eigenvalue weighted by molar-refractivity contribution is -0.0169. The lowest BCUT2D eigenvalue weighted by Crippen LogP contribution is -2.26. The van der Waals surface area contributed by atoms with Crippen LogP contribution in [0.25, 0.3) is 22.3 Å². The molecular weight excluding hydrogens is 322 g/mol. The average molecular weight is 345 g/mol. The van der Waals surface area contributed by atoms with E-state index in [4.69, 9.17) is 4.74 Å². The molecule has 1 saturated heterocycles. The van der Waals surface area contributed by atoms with Gasteiger partial charge in [-0.2, -0.15) is 0 Å². The fourth-order valence-electron chi connectivity index (χ4n) is 3.40. The molecule has 1 heterocycles. The SMILES string of the molecule is O[C@H]1CNC[C@@H]1OCc1ccc(-c2ccccc2-c2ccccc2)cc1. The summed E-state index contributed by atoms with van der Waals surface area (Å²) in [5.41, 5.74) is 5.98. The first-order valence-electron chi connectivity index (χ1n) is 9.05. The van der Waals surface area contributed by atoms with Gasteiger partial charge in [-0.3, -0.25) is 0 Å². The van der Waals surface area contributed by atoms with Crippen molar-refractivity contribution in [2.75, 3.05) is 13.1 Å². The lowest BCUT2D eigenvalue weighted by atomic mass is 9.94. The van der Waals surface area contributed by atoms with Crippen LogP contribution >= 0.6 is 0 Å². The second-order valence-electron chi connectivity index (χ2n) is 6.68. The summed E-state index contributed by atoms with van der Waals surface area (Å²) in [6.07, 6.45) is -0.527. The van der Waals surface area contributed by atoms with E-state index in [1.165, 1.54) is 22.3 Å². The number of hydrogen-bond donors (Lipinski definition) is 2. The van der Waals surface area contributed by atoms with Crippen LogP contribution in [0.1, 0.15) is 5.56 Å². The van der Waals surface area contributed by atoms with E-state index in [-0.39, 0.29) is 6.10 Å². The number of rotatable bonds is 5. The molecule has 1 fully saturated rings. The summed E-state index contributed by atoms with van der Waals surface area (Å²) < 4.78 is 5.83. The Kier molecular flexibility index (Phi) is 5.12. The van der Waals surface area contributed by atoms with Crippen LogP contribution in [-0.4, -0.2) is 30.4 Å². The molecular formula is C23H23NO2. The van der Waals surface area contributed by atoms with Gasteiger partial charge in [-0.25, -0.2) is 0 Å². The van der Waals surface area contributed by atoms with Crippen LogP contribution in [-0.2, 0) is 11.3 Å². The van der Waals surface area contributed by atoms with Crippen molar-refractivity contribution in [3.8, 4) is 22.3 Å². The minimum atomic E-state index is -0.410. The molecule has 0 amide bonds. The Morgan fingerprint density at radius 3 is 2.00 bits per heavy atom. The topological polar surface area (TPSA) is 41.5 Å². The van der Waals surface area contributed by atoms with Gasteiger partial charge in [0, 0.05) is 13.1 Å². The molecule has 0 bridgehead atoms. The normalized spacial score (nSPS) is 19.6. The van der Waals surface area contributed by atoms with E-state index in [1.807, 2.05) is 6.07 Å². The van der Waals surface area contributed by atoms with E-state index in [9.17, 15) is 5.11 Å². The van der Waals surface area contributed by atoms with Gasteiger partial charge in [-0.15, -0.1) is 0 Å². The Labute approximate surface area is 154 Å². The molecule has 26 heavy (non-hydrogen) atoms. The summed E-state index contributed by atoms with van der Waals surface area (Å²) >= 11 is 0. The van der Waals surface area contributed by atoms with E-state index in [1.54, 1.807) is 0 Å². The van der Waals surface area contributed by atoms with Crippen molar-refractivity contribution in [1.82, 2.24) is 5.32 Å². The van der Waals surface area contributed by atoms with E-state index in [0.717, 1.165) is 5.56 Å². The standard InChI is InChI=1S/C23H23NO2/c25-22-14-24-15-23(22)26-16-17-10-12-19(13-11-17)21-9-5-4-8-20(21)18-6-2-1-3-7-18/h1-13,22-25H,14-16H2/t22-,23-/m0/s1. The lowest BCUT2D eigenvalue weighted by Gasteiger charge is -2.15. The first kappa shape index (κ1) is 17.0. The minimum Gasteiger partial charge on any atom is -0.389 e. The molecule has 1 aliphatic rings. The van der Waals surface area contributed by atoms with Crippen LogP contribution in [0.4, 0.5) is 0 Å². The average Bonchev–Trinajstić information content (AvgIpc) is 3.12. The third-order valence-corrected chi connectivity index (χ3v) is 4.87. The minimum absolute atomic E-state index is 0.117. The van der Waals surface area contributed by atoms with Gasteiger partial charge in [0.15, 0.2) is 0 Å². The highest BCUT2D eigenvalue weighted by molar-refractivity contribution is 5.83. The number of hydrogen-bond acceptors (Lipinski definition) is 3. The second kappa shape index (κ2) is 7.83. The van der Waals surface area contributed by atoms with Gasteiger partial charge in [0.05, 0.1) is 18.8 Å². The van der Waals surface area contributed by atoms with Crippen LogP contribution < -0.4 is 5.32 Å². The Morgan fingerprint density at radius 1 is 0.769 bits per heavy atom. The fourth-order valence-corrected chi connectivity index (χ4v) is 3.40. The number of nitrogens with one attached hydrogen (secondary N) is 1. The van der Waals surface area contributed by atoms with Crippen molar-refractivity contribution in [3.05, 3.63) is 84.4 Å². The third kappa shape index (κ3) is 3.70. The maximum absolute atomic E-state index is 9.81. The monoisotopic (exact) mass is 345 g/mol. The molecule has 0 saturated carbocycles. The first-order valence-corrected chi connectivity index (χ1v) is 9.05. The summed E-state index contributed by atoms with van der Waals surface area (Å²) in [4.78, 5) is 0. The molecule has 0 aliphatic carbocycles. The van der Waals surface area contributed by atoms with Crippen molar-refractivity contribution in [2.45, 2.75) is 18.8 Å². The Morgan fingerprint density at radius 2 is 1.38 bits per heavy atom. The summed E-state index contributed by atoms with van der Waals surface area (Å²) in [7, 11) is 0. The van der Waals surface area contributed by atoms with Crippen molar-refractivity contribution in [1.29, 1.82) is 0 Å². The third-order valence-electron chi connectivity index (χ3n) is 4.87. The van der Waals surface area contributed by atoms with Gasteiger partial charge in [0.2, 0.25) is 0 Å². The zero-order valence-corrected chi connectivity index (χ0v) is 14.6. The molecule has 2 atom stereocenters. The van der Waals surface area contributed by atoms with Gasteiger partial charge < -0.3 is 15.2 Å². The quantitative estimate of drug-likeness (QED) is 0.738. The van der Waals surface area contributed by atoms with Crippen molar-refractivity contribution < 1.29 is 9.84 Å². The summed E-state index contributed by atoms with van der Waals surface area (Å²) in [5.74, 6) is 0. The molecule has 0 unspecified atom stereocenters. The van der Waals surface area contributed by atoms with E-state index in [0.29, 0.717) is 19.7 Å². The Bertz CT molecular complexity index is 846. The van der Waals surface area contributed by atoms with Gasteiger partial charge in [-0.1, -0.05) is 78.9 Å². The largest absolute Gasteiger partial charge is 0.389 e. The van der Waals surface area contributed by atoms with Gasteiger partial charge in [-0.05, 0) is 27.8 Å². The van der Waals surface area contributed by atoms with E-state index < -0.39 is 6.10 Å². The summed E-state index contributed by atoms with van der Waals surface area (Å²) in [6, 6.07) is 27.4. The molecule has 3 aromatic carbocycles. The highest BCUT2D eigenvalue weighted by Gasteiger charge is 2.25. The first-order chi connectivity index (χ1) is 12.8. The molecule has 3 heteroatoms. The molecule has 4 rings (SSSR count). The predicted molar refractivity (Wildman–Crippen MR) is 105 cm³/mol. The maximum Gasteiger partial charge on any atom is 0.0974 e. The van der Waals surface area contributed by atoms with Crippen LogP contribution in [0.3, 0.4) is 0 Å². The number of aliphatic hydroxyl groups is 1. The molecule has 3 nitrogen and oxygen atoms in total. The molecule has 132 valence electrons. The van der Waals surface area contributed by atoms with Gasteiger partial charge in [0.1, 0.15) is 0 Å². The molecule has 1 aliphatic heterocycles. The second-order valence-corrected chi connectivity index (χ2v) is 6.68. The van der Waals surface area contributed by atoms with Gasteiger partial charge in [0.25, 0.3) is 0 Å². The Hall–Kier alpha value is -2.46. The van der Waals surface area contributed by atoms with E-state index >= 15 is 0 Å². The molecule has 0 spiro atoms. The molecule has 0 aromatic heterocycles. The fraction of sp³-hybridized carbons (Fsp3) is 0.217. The van der Waals surface area contributed by atoms with Crippen LogP contribution in [0.2, 0.25) is 0 Å². The van der Waals surface area contributed by atoms with Crippen LogP contribution in [0.5, 0.6) is 0 Å². The number of β-amino-alcohol motifs (C(OH)–C–C–N with tert-alkyl or cyclic N) is 1. The van der Waals surface area contributed by atoms with Crippen molar-refractivity contribution >= 4 is 0 Å². The highest BCUT2D eigenvalue weighted by Crippen LogP contribution is 2.32. The Balaban J connectivity index is 1.52. The predicted octanol–water partition coefficient (Wildman–Crippen LogP) is 3.87. The zero-order valence-electron chi connectivity index (χ0n) is 14.6. The van der Waals surface area contributed by atoms with Crippen LogP contribution in [0, 0.1) is 0 Å². The van der Waals surface area contributed by atoms with Crippen molar-refractivity contribution in [3.63, 3.8) is 0 Å². The summed E-state index contributed by atoms with van der Waals surface area (Å²) in [6.45, 7) is 1.84. The molecule has 2 N–H and O–H groups in total. The van der Waals surface area contributed by atoms with E-state index in [2.05, 4.69) is 78.1 Å². The van der Waals surface area contributed by atoms with Crippen molar-refractivity contribution in [2.24, 2.45) is 0 Å². The summed E-state index contributed by atoms with van der Waals surface area (Å²) in [5, 5.41) is 12.9. The van der Waals surface area contributed by atoms with Gasteiger partial charge >= 0.3 is 0 Å². The number of benzene rings is 3. The zero-order chi connectivity index (χ0) is 17.8. The molecule has 3 aromatic rings. The number of ether oxygens (including phenoxy) is 1. The number of aliphatic hydroxyl groups excluding tert-OH is 1. The van der Waals surface area contributed by atoms with Crippen LogP contribution in [0.15, 0.2) is 78.9 Å². The smallest absolute Gasteiger partial charge is 0.0974 e. The maximum atomic E-state index is 9.81.